The smallest absolute Gasteiger partial charge is 0.408 e. The Morgan fingerprint density at radius 2 is 1.79 bits per heavy atom. The van der Waals surface area contributed by atoms with Gasteiger partial charge in [-0.15, -0.1) is 0 Å². The summed E-state index contributed by atoms with van der Waals surface area (Å²) in [6.45, 7) is 6.92. The molecule has 0 aromatic heterocycles. The second kappa shape index (κ2) is 8.01. The zero-order chi connectivity index (χ0) is 17.7. The Morgan fingerprint density at radius 3 is 2.33 bits per heavy atom. The fourth-order valence-electron chi connectivity index (χ4n) is 2.66. The molecule has 0 radical (unpaired) electrons. The van der Waals surface area contributed by atoms with Gasteiger partial charge in [-0.05, 0) is 51.3 Å². The minimum atomic E-state index is -0.612. The molecule has 132 valence electrons. The Kier molecular flexibility index (Phi) is 6.27. The van der Waals surface area contributed by atoms with E-state index in [1.165, 1.54) is 0 Å². The van der Waals surface area contributed by atoms with Gasteiger partial charge in [-0.2, -0.15) is 0 Å². The molecule has 1 aliphatic rings. The first-order chi connectivity index (χ1) is 11.2. The highest BCUT2D eigenvalue weighted by Gasteiger charge is 2.29. The van der Waals surface area contributed by atoms with Gasteiger partial charge in [-0.3, -0.25) is 4.79 Å². The van der Waals surface area contributed by atoms with Crippen LogP contribution in [0.4, 0.5) is 4.79 Å². The van der Waals surface area contributed by atoms with Crippen LogP contribution in [0.3, 0.4) is 0 Å². The second-order valence-corrected chi connectivity index (χ2v) is 7.98. The van der Waals surface area contributed by atoms with E-state index in [4.69, 9.17) is 4.74 Å². The van der Waals surface area contributed by atoms with Crippen LogP contribution < -0.4 is 5.32 Å². The average molecular weight is 397 g/mol. The predicted molar refractivity (Wildman–Crippen MR) is 96.8 cm³/mol. The van der Waals surface area contributed by atoms with Crippen molar-refractivity contribution in [2.75, 3.05) is 13.1 Å². The fourth-order valence-corrected chi connectivity index (χ4v) is 2.93. The fraction of sp³-hybridized carbons (Fsp3) is 0.556. The number of likely N-dealkylation sites (tertiary alicyclic amines) is 1. The molecule has 6 heteroatoms. The predicted octanol–water partition coefficient (Wildman–Crippen LogP) is 3.51. The zero-order valence-corrected chi connectivity index (χ0v) is 16.1. The minimum Gasteiger partial charge on any atom is -0.444 e. The number of benzene rings is 1. The molecule has 1 N–H and O–H groups in total. The summed E-state index contributed by atoms with van der Waals surface area (Å²) in [5, 5.41) is 2.75. The largest absolute Gasteiger partial charge is 0.444 e. The summed E-state index contributed by atoms with van der Waals surface area (Å²) >= 11 is 3.40. The monoisotopic (exact) mass is 396 g/mol. The lowest BCUT2D eigenvalue weighted by atomic mass is 10.0. The summed E-state index contributed by atoms with van der Waals surface area (Å²) in [6, 6.07) is 7.15. The van der Waals surface area contributed by atoms with Crippen molar-refractivity contribution < 1.29 is 14.3 Å². The highest BCUT2D eigenvalue weighted by atomic mass is 79.9. The van der Waals surface area contributed by atoms with Gasteiger partial charge < -0.3 is 15.0 Å². The second-order valence-electron chi connectivity index (χ2n) is 7.06. The maximum Gasteiger partial charge on any atom is 0.408 e. The van der Waals surface area contributed by atoms with Gasteiger partial charge in [0.25, 0.3) is 0 Å². The lowest BCUT2D eigenvalue weighted by Crippen LogP contribution is -2.50. The first-order valence-electron chi connectivity index (χ1n) is 8.27. The Morgan fingerprint density at radius 1 is 1.21 bits per heavy atom. The molecule has 0 saturated carbocycles. The van der Waals surface area contributed by atoms with E-state index < -0.39 is 17.7 Å². The van der Waals surface area contributed by atoms with Crippen LogP contribution in [0.2, 0.25) is 0 Å². The molecular formula is C18H25BrN2O3. The highest BCUT2D eigenvalue weighted by Crippen LogP contribution is 2.15. The molecular weight excluding hydrogens is 372 g/mol. The molecule has 1 atom stereocenters. The Balaban J connectivity index is 2.09. The Labute approximate surface area is 151 Å². The number of rotatable bonds is 4. The van der Waals surface area contributed by atoms with Crippen LogP contribution in [0.5, 0.6) is 0 Å². The number of nitrogens with zero attached hydrogens (tertiary/aromatic N) is 1. The Hall–Kier alpha value is -1.56. The molecule has 0 unspecified atom stereocenters. The van der Waals surface area contributed by atoms with E-state index in [0.29, 0.717) is 6.42 Å². The van der Waals surface area contributed by atoms with Gasteiger partial charge in [0.15, 0.2) is 0 Å². The Bertz CT molecular complexity index is 575. The van der Waals surface area contributed by atoms with Gasteiger partial charge in [0.2, 0.25) is 5.91 Å². The topological polar surface area (TPSA) is 58.6 Å². The highest BCUT2D eigenvalue weighted by molar-refractivity contribution is 9.10. The van der Waals surface area contributed by atoms with E-state index in [1.54, 1.807) is 20.8 Å². The maximum absolute atomic E-state index is 12.8. The normalized spacial score (nSPS) is 15.9. The summed E-state index contributed by atoms with van der Waals surface area (Å²) in [6.07, 6.45) is 1.92. The number of ether oxygens (including phenoxy) is 1. The number of carbonyl (C=O) groups excluding carboxylic acids is 2. The SMILES string of the molecule is CC(C)(C)OC(=O)N[C@@H](Cc1ccc(Br)cc1)C(=O)N1CCCC1. The van der Waals surface area contributed by atoms with Crippen molar-refractivity contribution in [1.29, 1.82) is 0 Å². The molecule has 0 bridgehead atoms. The standard InChI is InChI=1S/C18H25BrN2O3/c1-18(2,3)24-17(23)20-15(16(22)21-10-4-5-11-21)12-13-6-8-14(19)9-7-13/h6-9,15H,4-5,10-12H2,1-3H3,(H,20,23)/t15-/m0/s1. The van der Waals surface area contributed by atoms with Crippen LogP contribution >= 0.6 is 15.9 Å². The molecule has 1 saturated heterocycles. The molecule has 2 amide bonds. The van der Waals surface area contributed by atoms with Crippen LogP contribution in [-0.2, 0) is 16.0 Å². The van der Waals surface area contributed by atoms with Crippen molar-refractivity contribution in [2.24, 2.45) is 0 Å². The summed E-state index contributed by atoms with van der Waals surface area (Å²) < 4.78 is 6.29. The minimum absolute atomic E-state index is 0.0405. The van der Waals surface area contributed by atoms with Crippen molar-refractivity contribution in [3.8, 4) is 0 Å². The van der Waals surface area contributed by atoms with Gasteiger partial charge in [0.05, 0.1) is 0 Å². The number of amides is 2. The summed E-state index contributed by atoms with van der Waals surface area (Å²) in [4.78, 5) is 26.7. The summed E-state index contributed by atoms with van der Waals surface area (Å²) in [7, 11) is 0. The molecule has 1 aliphatic heterocycles. The molecule has 1 aromatic rings. The quantitative estimate of drug-likeness (QED) is 0.846. The third-order valence-electron chi connectivity index (χ3n) is 3.76. The van der Waals surface area contributed by atoms with Crippen LogP contribution in [-0.4, -0.2) is 41.6 Å². The number of carbonyl (C=O) groups is 2. The van der Waals surface area contributed by atoms with E-state index in [-0.39, 0.29) is 5.91 Å². The molecule has 0 aliphatic carbocycles. The van der Waals surface area contributed by atoms with Crippen molar-refractivity contribution in [1.82, 2.24) is 10.2 Å². The molecule has 5 nitrogen and oxygen atoms in total. The van der Waals surface area contributed by atoms with Gasteiger partial charge in [-0.25, -0.2) is 4.79 Å². The van der Waals surface area contributed by atoms with E-state index in [1.807, 2.05) is 29.2 Å². The summed E-state index contributed by atoms with van der Waals surface area (Å²) in [5.41, 5.74) is 0.398. The van der Waals surface area contributed by atoms with E-state index in [9.17, 15) is 9.59 Å². The number of nitrogens with one attached hydrogen (secondary N) is 1. The third kappa shape index (κ3) is 5.82. The zero-order valence-electron chi connectivity index (χ0n) is 14.5. The van der Waals surface area contributed by atoms with Crippen molar-refractivity contribution >= 4 is 27.9 Å². The van der Waals surface area contributed by atoms with E-state index in [0.717, 1.165) is 36.0 Å². The number of alkyl carbamates (subject to hydrolysis) is 1. The lowest BCUT2D eigenvalue weighted by Gasteiger charge is -2.26. The average Bonchev–Trinajstić information content (AvgIpc) is 3.00. The van der Waals surface area contributed by atoms with Crippen molar-refractivity contribution in [3.05, 3.63) is 34.3 Å². The number of hydrogen-bond acceptors (Lipinski definition) is 3. The molecule has 1 aromatic carbocycles. The first kappa shape index (κ1) is 18.8. The molecule has 1 fully saturated rings. The first-order valence-corrected chi connectivity index (χ1v) is 9.07. The van der Waals surface area contributed by atoms with E-state index >= 15 is 0 Å². The van der Waals surface area contributed by atoms with Crippen molar-refractivity contribution in [3.63, 3.8) is 0 Å². The molecule has 24 heavy (non-hydrogen) atoms. The lowest BCUT2D eigenvalue weighted by molar-refractivity contribution is -0.132. The van der Waals surface area contributed by atoms with Gasteiger partial charge in [0.1, 0.15) is 11.6 Å². The van der Waals surface area contributed by atoms with Crippen LogP contribution in [0.25, 0.3) is 0 Å². The van der Waals surface area contributed by atoms with Gasteiger partial charge >= 0.3 is 6.09 Å². The molecule has 1 heterocycles. The van der Waals surface area contributed by atoms with Gasteiger partial charge in [0, 0.05) is 24.0 Å². The van der Waals surface area contributed by atoms with Crippen LogP contribution in [0, 0.1) is 0 Å². The number of hydrogen-bond donors (Lipinski definition) is 1. The van der Waals surface area contributed by atoms with Crippen molar-refractivity contribution in [2.45, 2.75) is 51.7 Å². The van der Waals surface area contributed by atoms with E-state index in [2.05, 4.69) is 21.2 Å². The maximum atomic E-state index is 12.8. The molecule has 0 spiro atoms. The van der Waals surface area contributed by atoms with Crippen LogP contribution in [0.15, 0.2) is 28.7 Å². The third-order valence-corrected chi connectivity index (χ3v) is 4.29. The number of halogens is 1. The molecule has 2 rings (SSSR count). The van der Waals surface area contributed by atoms with Gasteiger partial charge in [-0.1, -0.05) is 28.1 Å². The van der Waals surface area contributed by atoms with Crippen LogP contribution in [0.1, 0.15) is 39.2 Å². The summed E-state index contributed by atoms with van der Waals surface area (Å²) in [5.74, 6) is -0.0405.